The molecule has 2 rings (SSSR count). The smallest absolute Gasteiger partial charge is 0.235 e. The lowest BCUT2D eigenvalue weighted by molar-refractivity contribution is 0.105. The lowest BCUT2D eigenvalue weighted by Crippen LogP contribution is -1.94. The van der Waals surface area contributed by atoms with Crippen LogP contribution in [0.2, 0.25) is 0 Å². The molecule has 0 aliphatic carbocycles. The first-order valence-electron chi connectivity index (χ1n) is 7.59. The third kappa shape index (κ3) is 5.42. The molecule has 0 heterocycles. The predicted octanol–water partition coefficient (Wildman–Crippen LogP) is 5.36. The molecule has 2 aromatic rings. The second-order valence-electron chi connectivity index (χ2n) is 5.03. The second kappa shape index (κ2) is 9.12. The van der Waals surface area contributed by atoms with Crippen LogP contribution in [0.1, 0.15) is 42.1 Å². The normalized spacial score (nSPS) is 9.86. The number of hydrogen-bond donors (Lipinski definition) is 0. The zero-order valence-electron chi connectivity index (χ0n) is 12.8. The zero-order chi connectivity index (χ0) is 15.6. The van der Waals surface area contributed by atoms with E-state index in [1.54, 1.807) is 11.8 Å². The molecule has 0 spiro atoms. The van der Waals surface area contributed by atoms with E-state index in [-0.39, 0.29) is 5.78 Å². The van der Waals surface area contributed by atoms with Crippen LogP contribution < -0.4 is 0 Å². The van der Waals surface area contributed by atoms with Gasteiger partial charge in [0.15, 0.2) is 0 Å². The molecule has 0 saturated heterocycles. The Kier molecular flexibility index (Phi) is 6.80. The first-order chi connectivity index (χ1) is 10.8. The minimum absolute atomic E-state index is 0.0873. The van der Waals surface area contributed by atoms with E-state index in [0.717, 1.165) is 25.0 Å². The van der Waals surface area contributed by atoms with Gasteiger partial charge in [-0.25, -0.2) is 0 Å². The number of Topliss-reactive ketones (excluding diaryl/α,β-unsaturated/α-hetero) is 1. The lowest BCUT2D eigenvalue weighted by atomic mass is 10.1. The van der Waals surface area contributed by atoms with Gasteiger partial charge in [-0.1, -0.05) is 49.6 Å². The molecule has 22 heavy (non-hydrogen) atoms. The fraction of sp³-hybridized carbons (Fsp3) is 0.250. The second-order valence-corrected chi connectivity index (χ2v) is 6.08. The summed E-state index contributed by atoms with van der Waals surface area (Å²) in [5.41, 5.74) is 1.97. The van der Waals surface area contributed by atoms with Gasteiger partial charge in [-0.15, -0.1) is 11.8 Å². The van der Waals surface area contributed by atoms with Crippen molar-refractivity contribution in [2.45, 2.75) is 36.8 Å². The monoisotopic (exact) mass is 308 g/mol. The Morgan fingerprint density at radius 1 is 1.05 bits per heavy atom. The average Bonchev–Trinajstić information content (AvgIpc) is 2.58. The summed E-state index contributed by atoms with van der Waals surface area (Å²) in [6.07, 6.45) is 2.96. The van der Waals surface area contributed by atoms with Crippen molar-refractivity contribution in [2.24, 2.45) is 0 Å². The number of thioether (sulfide) groups is 1. The number of ketones is 1. The molecule has 0 aliphatic rings. The quantitative estimate of drug-likeness (QED) is 0.235. The maximum absolute atomic E-state index is 11.9. The lowest BCUT2D eigenvalue weighted by Gasteiger charge is -2.02. The van der Waals surface area contributed by atoms with Crippen molar-refractivity contribution in [1.29, 1.82) is 0 Å². The largest absolute Gasteiger partial charge is 0.279 e. The summed E-state index contributed by atoms with van der Waals surface area (Å²) in [5, 5.41) is 0. The third-order valence-corrected chi connectivity index (χ3v) is 4.31. The van der Waals surface area contributed by atoms with Crippen molar-refractivity contribution < 1.29 is 4.79 Å². The number of benzene rings is 2. The van der Waals surface area contributed by atoms with E-state index in [0.29, 0.717) is 5.56 Å². The predicted molar refractivity (Wildman–Crippen MR) is 94.1 cm³/mol. The molecule has 2 heteroatoms. The molecule has 0 amide bonds. The number of carbonyl (C=O) groups excluding carboxylic acids is 1. The number of hydrogen-bond acceptors (Lipinski definition) is 2. The van der Waals surface area contributed by atoms with E-state index in [1.165, 1.54) is 10.5 Å². The highest BCUT2D eigenvalue weighted by Gasteiger charge is 2.02. The van der Waals surface area contributed by atoms with Crippen LogP contribution in [0.3, 0.4) is 0 Å². The number of rotatable bonds is 6. The maximum atomic E-state index is 11.9. The summed E-state index contributed by atoms with van der Waals surface area (Å²) in [6, 6.07) is 18.1. The Morgan fingerprint density at radius 2 is 1.77 bits per heavy atom. The highest BCUT2D eigenvalue weighted by Crippen LogP contribution is 2.23. The van der Waals surface area contributed by atoms with Crippen LogP contribution in [0, 0.1) is 11.8 Å². The molecule has 0 aromatic heterocycles. The van der Waals surface area contributed by atoms with Crippen LogP contribution >= 0.6 is 11.8 Å². The van der Waals surface area contributed by atoms with Gasteiger partial charge >= 0.3 is 0 Å². The molecule has 0 unspecified atom stereocenters. The Labute approximate surface area is 137 Å². The molecule has 1 nitrogen and oxygen atoms in total. The Hall–Kier alpha value is -1.98. The average molecular weight is 308 g/mol. The molecule has 112 valence electrons. The van der Waals surface area contributed by atoms with Crippen molar-refractivity contribution in [3.8, 4) is 11.8 Å². The molecular formula is C20H20OS. The summed E-state index contributed by atoms with van der Waals surface area (Å²) >= 11 is 1.77. The van der Waals surface area contributed by atoms with Gasteiger partial charge in [0.25, 0.3) is 0 Å². The van der Waals surface area contributed by atoms with E-state index in [1.807, 2.05) is 30.3 Å². The van der Waals surface area contributed by atoms with Gasteiger partial charge in [-0.2, -0.15) is 0 Å². The molecule has 0 saturated carbocycles. The minimum Gasteiger partial charge on any atom is -0.279 e. The van der Waals surface area contributed by atoms with Crippen LogP contribution in [-0.2, 0) is 5.75 Å². The van der Waals surface area contributed by atoms with E-state index >= 15 is 0 Å². The van der Waals surface area contributed by atoms with E-state index in [2.05, 4.69) is 43.0 Å². The molecule has 0 fully saturated rings. The summed E-state index contributed by atoms with van der Waals surface area (Å²) < 4.78 is 0. The van der Waals surface area contributed by atoms with Crippen molar-refractivity contribution in [3.05, 3.63) is 65.7 Å². The van der Waals surface area contributed by atoms with Crippen molar-refractivity contribution in [3.63, 3.8) is 0 Å². The minimum atomic E-state index is -0.0873. The number of unbranched alkanes of at least 4 members (excludes halogenated alkanes) is 2. The molecule has 0 bridgehead atoms. The fourth-order valence-electron chi connectivity index (χ4n) is 1.92. The summed E-state index contributed by atoms with van der Waals surface area (Å²) in [7, 11) is 0. The van der Waals surface area contributed by atoms with Gasteiger partial charge in [0.05, 0.1) is 0 Å². The summed E-state index contributed by atoms with van der Waals surface area (Å²) in [5.74, 6) is 6.50. The van der Waals surface area contributed by atoms with Gasteiger partial charge < -0.3 is 0 Å². The van der Waals surface area contributed by atoms with Crippen LogP contribution in [0.15, 0.2) is 59.5 Å². The Balaban J connectivity index is 1.89. The first-order valence-corrected chi connectivity index (χ1v) is 8.58. The van der Waals surface area contributed by atoms with Crippen LogP contribution in [0.5, 0.6) is 0 Å². The van der Waals surface area contributed by atoms with Crippen LogP contribution in [0.25, 0.3) is 0 Å². The van der Waals surface area contributed by atoms with E-state index in [9.17, 15) is 4.79 Å². The van der Waals surface area contributed by atoms with Gasteiger partial charge in [-0.05, 0) is 42.2 Å². The van der Waals surface area contributed by atoms with E-state index in [4.69, 9.17) is 0 Å². The van der Waals surface area contributed by atoms with Crippen molar-refractivity contribution in [2.75, 3.05) is 0 Å². The third-order valence-electron chi connectivity index (χ3n) is 3.22. The van der Waals surface area contributed by atoms with Crippen molar-refractivity contribution in [1.82, 2.24) is 0 Å². The summed E-state index contributed by atoms with van der Waals surface area (Å²) in [6.45, 7) is 2.12. The highest BCUT2D eigenvalue weighted by molar-refractivity contribution is 7.98. The van der Waals surface area contributed by atoms with Crippen molar-refractivity contribution >= 4 is 17.5 Å². The van der Waals surface area contributed by atoms with Gasteiger partial charge in [0.1, 0.15) is 0 Å². The Morgan fingerprint density at radius 3 is 2.45 bits per heavy atom. The fourth-order valence-corrected chi connectivity index (χ4v) is 2.78. The first kappa shape index (κ1) is 16.4. The summed E-state index contributed by atoms with van der Waals surface area (Å²) in [4.78, 5) is 13.1. The topological polar surface area (TPSA) is 17.1 Å². The van der Waals surface area contributed by atoms with Crippen LogP contribution in [-0.4, -0.2) is 5.78 Å². The van der Waals surface area contributed by atoms with Gasteiger partial charge in [-0.3, -0.25) is 4.79 Å². The molecule has 0 N–H and O–H groups in total. The van der Waals surface area contributed by atoms with Gasteiger partial charge in [0, 0.05) is 22.6 Å². The molecular weight excluding hydrogens is 288 g/mol. The molecule has 0 aliphatic heterocycles. The standard InChI is InChI=1S/C20H20OS/c1-2-3-4-8-11-20(21)18-12-14-19(15-13-18)22-16-17-9-6-5-7-10-17/h5-7,9-10,12-15H,2-4,16H2,1H3. The molecule has 0 atom stereocenters. The SMILES string of the molecule is CCCCC#CC(=O)c1ccc(SCc2ccccc2)cc1. The molecule has 0 radical (unpaired) electrons. The molecule has 2 aromatic carbocycles. The highest BCUT2D eigenvalue weighted by atomic mass is 32.2. The maximum Gasteiger partial charge on any atom is 0.235 e. The Bertz CT molecular complexity index is 648. The van der Waals surface area contributed by atoms with E-state index < -0.39 is 0 Å². The van der Waals surface area contributed by atoms with Gasteiger partial charge in [0.2, 0.25) is 5.78 Å². The number of carbonyl (C=O) groups is 1. The van der Waals surface area contributed by atoms with Crippen LogP contribution in [0.4, 0.5) is 0 Å². The zero-order valence-corrected chi connectivity index (χ0v) is 13.7.